The number of carbonyl (C=O) groups is 1. The van der Waals surface area contributed by atoms with E-state index in [1.807, 2.05) is 36.1 Å². The average molecular weight is 563 g/mol. The number of halogens is 3. The third kappa shape index (κ3) is 7.35. The first-order valence-electron chi connectivity index (χ1n) is 13.6. The van der Waals surface area contributed by atoms with Crippen LogP contribution in [0.15, 0.2) is 36.4 Å². The third-order valence-electron chi connectivity index (χ3n) is 6.95. The van der Waals surface area contributed by atoms with Crippen LogP contribution in [0.4, 0.5) is 13.2 Å². The third-order valence-corrected chi connectivity index (χ3v) is 6.95. The highest BCUT2D eigenvalue weighted by molar-refractivity contribution is 5.85. The maximum atomic E-state index is 15.7. The molecule has 1 aliphatic rings. The second-order valence-corrected chi connectivity index (χ2v) is 10.8. The zero-order valence-corrected chi connectivity index (χ0v) is 23.1. The summed E-state index contributed by atoms with van der Waals surface area (Å²) >= 11 is 0. The van der Waals surface area contributed by atoms with Gasteiger partial charge in [0.1, 0.15) is 29.7 Å². The SMILES string of the molecule is C[C@@H]1Cc2c([nH]c3ccccc23)[C@@H](c2c(F)cc(OCCCCOCCOCC(=O)O)cc2F)N1CC(C)(C)F. The van der Waals surface area contributed by atoms with Gasteiger partial charge in [0.2, 0.25) is 0 Å². The molecule has 2 atom stereocenters. The van der Waals surface area contributed by atoms with Gasteiger partial charge < -0.3 is 24.3 Å². The standard InChI is InChI=1S/C30H37F3N2O5/c1-19-14-22-21-8-4-5-9-25(21)34-28(22)29(35(19)18-30(2,3)33)27-23(31)15-20(16-24(27)32)40-11-7-6-10-38-12-13-39-17-26(36)37/h4-5,8-9,15-16,19,29,34H,6-7,10-14,17-18H2,1-3H3,(H,36,37)/t19-,29-/m1/s1. The fourth-order valence-corrected chi connectivity index (χ4v) is 5.28. The van der Waals surface area contributed by atoms with Gasteiger partial charge in [-0.2, -0.15) is 0 Å². The van der Waals surface area contributed by atoms with Crippen LogP contribution >= 0.6 is 0 Å². The number of aromatic nitrogens is 1. The molecule has 0 saturated carbocycles. The van der Waals surface area contributed by atoms with Gasteiger partial charge in [-0.05, 0) is 51.7 Å². The van der Waals surface area contributed by atoms with Gasteiger partial charge in [0, 0.05) is 53.5 Å². The highest BCUT2D eigenvalue weighted by Gasteiger charge is 2.41. The number of aromatic amines is 1. The molecule has 0 bridgehead atoms. The van der Waals surface area contributed by atoms with Crippen LogP contribution in [0, 0.1) is 11.6 Å². The number of hydrogen-bond acceptors (Lipinski definition) is 5. The molecule has 0 radical (unpaired) electrons. The van der Waals surface area contributed by atoms with Crippen LogP contribution in [0.1, 0.15) is 56.5 Å². The predicted octanol–water partition coefficient (Wildman–Crippen LogP) is 5.81. The van der Waals surface area contributed by atoms with Gasteiger partial charge in [0.25, 0.3) is 0 Å². The maximum Gasteiger partial charge on any atom is 0.329 e. The molecule has 0 aliphatic carbocycles. The summed E-state index contributed by atoms with van der Waals surface area (Å²) in [5.41, 5.74) is 0.860. The summed E-state index contributed by atoms with van der Waals surface area (Å²) in [5.74, 6) is -2.44. The van der Waals surface area contributed by atoms with Crippen LogP contribution < -0.4 is 4.74 Å². The minimum Gasteiger partial charge on any atom is -0.493 e. The molecule has 218 valence electrons. The van der Waals surface area contributed by atoms with Gasteiger partial charge in [0.15, 0.2) is 0 Å². The van der Waals surface area contributed by atoms with Crippen LogP contribution in [0.25, 0.3) is 10.9 Å². The number of rotatable bonds is 14. The lowest BCUT2D eigenvalue weighted by atomic mass is 9.87. The highest BCUT2D eigenvalue weighted by Crippen LogP contribution is 2.43. The molecule has 4 rings (SSSR count). The molecule has 0 fully saturated rings. The number of fused-ring (bicyclic) bond motifs is 3. The second-order valence-electron chi connectivity index (χ2n) is 10.8. The van der Waals surface area contributed by atoms with Crippen molar-refractivity contribution >= 4 is 16.9 Å². The molecular weight excluding hydrogens is 525 g/mol. The number of nitrogens with zero attached hydrogens (tertiary/aromatic N) is 1. The van der Waals surface area contributed by atoms with Gasteiger partial charge in [-0.25, -0.2) is 18.0 Å². The molecule has 1 aliphatic heterocycles. The minimum absolute atomic E-state index is 0.0124. The first-order chi connectivity index (χ1) is 19.0. The molecule has 0 unspecified atom stereocenters. The Bertz CT molecular complexity index is 1280. The van der Waals surface area contributed by atoms with Crippen molar-refractivity contribution in [2.45, 2.75) is 57.8 Å². The molecule has 0 spiro atoms. The molecule has 3 aromatic rings. The van der Waals surface area contributed by atoms with Gasteiger partial charge >= 0.3 is 5.97 Å². The van der Waals surface area contributed by atoms with Crippen LogP contribution in [-0.2, 0) is 20.7 Å². The topological polar surface area (TPSA) is 84.0 Å². The average Bonchev–Trinajstić information content (AvgIpc) is 3.23. The number of carboxylic acid groups (broad SMARTS) is 1. The number of aliphatic carboxylic acids is 1. The Morgan fingerprint density at radius 3 is 2.45 bits per heavy atom. The lowest BCUT2D eigenvalue weighted by molar-refractivity contribution is -0.142. The quantitative estimate of drug-likeness (QED) is 0.242. The molecule has 7 nitrogen and oxygen atoms in total. The molecule has 2 N–H and O–H groups in total. The Hall–Kier alpha value is -3.08. The summed E-state index contributed by atoms with van der Waals surface area (Å²) in [6, 6.07) is 9.17. The van der Waals surface area contributed by atoms with E-state index in [0.717, 1.165) is 16.5 Å². The molecule has 40 heavy (non-hydrogen) atoms. The van der Waals surface area contributed by atoms with Crippen LogP contribution in [0.5, 0.6) is 5.75 Å². The number of H-pyrrole nitrogens is 1. The van der Waals surface area contributed by atoms with E-state index in [1.54, 1.807) is 0 Å². The van der Waals surface area contributed by atoms with Crippen molar-refractivity contribution in [3.63, 3.8) is 0 Å². The zero-order valence-electron chi connectivity index (χ0n) is 23.1. The summed E-state index contributed by atoms with van der Waals surface area (Å²) in [4.78, 5) is 15.6. The van der Waals surface area contributed by atoms with E-state index in [2.05, 4.69) is 4.98 Å². The van der Waals surface area contributed by atoms with E-state index in [0.29, 0.717) is 31.6 Å². The highest BCUT2D eigenvalue weighted by atomic mass is 19.1. The normalized spacial score (nSPS) is 17.8. The van der Waals surface area contributed by atoms with Crippen molar-refractivity contribution < 1.29 is 37.3 Å². The predicted molar refractivity (Wildman–Crippen MR) is 146 cm³/mol. The van der Waals surface area contributed by atoms with E-state index in [9.17, 15) is 9.18 Å². The fourth-order valence-electron chi connectivity index (χ4n) is 5.28. The van der Waals surface area contributed by atoms with Gasteiger partial charge in [-0.3, -0.25) is 4.90 Å². The number of ether oxygens (including phenoxy) is 3. The Kier molecular flexibility index (Phi) is 9.76. The second kappa shape index (κ2) is 13.1. The van der Waals surface area contributed by atoms with E-state index in [1.165, 1.54) is 26.0 Å². The van der Waals surface area contributed by atoms with Crippen molar-refractivity contribution in [1.29, 1.82) is 0 Å². The summed E-state index contributed by atoms with van der Waals surface area (Å²) in [6.07, 6.45) is 1.88. The maximum absolute atomic E-state index is 15.7. The lowest BCUT2D eigenvalue weighted by Gasteiger charge is -2.43. The molecule has 1 aromatic heterocycles. The molecule has 0 saturated heterocycles. The Morgan fingerprint density at radius 1 is 1.07 bits per heavy atom. The summed E-state index contributed by atoms with van der Waals surface area (Å²) in [6.45, 7) is 5.69. The van der Waals surface area contributed by atoms with Gasteiger partial charge in [-0.1, -0.05) is 18.2 Å². The first-order valence-corrected chi connectivity index (χ1v) is 13.6. The summed E-state index contributed by atoms with van der Waals surface area (Å²) in [7, 11) is 0. The van der Waals surface area contributed by atoms with Gasteiger partial charge in [0.05, 0.1) is 25.9 Å². The number of unbranched alkanes of at least 4 members (excludes halogenated alkanes) is 1. The Labute approximate surface area is 232 Å². The number of hydrogen-bond donors (Lipinski definition) is 2. The number of alkyl halides is 1. The summed E-state index contributed by atoms with van der Waals surface area (Å²) in [5, 5.41) is 9.51. The monoisotopic (exact) mass is 562 g/mol. The summed E-state index contributed by atoms with van der Waals surface area (Å²) < 4.78 is 62.2. The van der Waals surface area contributed by atoms with E-state index in [-0.39, 0.29) is 50.3 Å². The van der Waals surface area contributed by atoms with E-state index < -0.39 is 29.3 Å². The van der Waals surface area contributed by atoms with E-state index in [4.69, 9.17) is 19.3 Å². The van der Waals surface area contributed by atoms with Crippen molar-refractivity contribution in [1.82, 2.24) is 9.88 Å². The molecule has 2 aromatic carbocycles. The van der Waals surface area contributed by atoms with Crippen LogP contribution in [0.2, 0.25) is 0 Å². The molecule has 10 heteroatoms. The van der Waals surface area contributed by atoms with E-state index >= 15 is 8.78 Å². The van der Waals surface area contributed by atoms with Crippen molar-refractivity contribution in [3.05, 3.63) is 64.9 Å². The Morgan fingerprint density at radius 2 is 1.75 bits per heavy atom. The molecular formula is C30H37F3N2O5. The lowest BCUT2D eigenvalue weighted by Crippen LogP contribution is -2.48. The fraction of sp³-hybridized carbons (Fsp3) is 0.500. The van der Waals surface area contributed by atoms with Crippen LogP contribution in [0.3, 0.4) is 0 Å². The zero-order chi connectivity index (χ0) is 28.9. The number of para-hydroxylation sites is 1. The van der Waals surface area contributed by atoms with Gasteiger partial charge in [-0.15, -0.1) is 0 Å². The molecule has 0 amide bonds. The van der Waals surface area contributed by atoms with Crippen molar-refractivity contribution in [2.75, 3.05) is 39.6 Å². The van der Waals surface area contributed by atoms with Crippen molar-refractivity contribution in [3.8, 4) is 5.75 Å². The number of carboxylic acids is 1. The number of benzene rings is 2. The first kappa shape index (κ1) is 29.9. The van der Waals surface area contributed by atoms with Crippen molar-refractivity contribution in [2.24, 2.45) is 0 Å². The minimum atomic E-state index is -1.57. The molecule has 2 heterocycles. The van der Waals surface area contributed by atoms with Crippen LogP contribution in [-0.4, -0.2) is 72.2 Å². The Balaban J connectivity index is 1.46. The largest absolute Gasteiger partial charge is 0.493 e. The number of nitrogens with one attached hydrogen (secondary N) is 1. The smallest absolute Gasteiger partial charge is 0.329 e.